The molecule has 22 heavy (non-hydrogen) atoms. The lowest BCUT2D eigenvalue weighted by atomic mass is 9.85. The second kappa shape index (κ2) is 7.15. The van der Waals surface area contributed by atoms with Crippen molar-refractivity contribution in [3.05, 3.63) is 41.5 Å². The second-order valence-electron chi connectivity index (χ2n) is 6.31. The summed E-state index contributed by atoms with van der Waals surface area (Å²) in [4.78, 5) is 6.62. The van der Waals surface area contributed by atoms with Crippen molar-refractivity contribution in [3.8, 4) is 0 Å². The average molecular weight is 322 g/mol. The van der Waals surface area contributed by atoms with E-state index >= 15 is 0 Å². The first-order valence-corrected chi connectivity index (χ1v) is 8.11. The molecular weight excluding hydrogens is 299 g/mol. The number of halogens is 1. The van der Waals surface area contributed by atoms with Crippen LogP contribution >= 0.6 is 11.5 Å². The first kappa shape index (κ1) is 16.8. The summed E-state index contributed by atoms with van der Waals surface area (Å²) in [6, 6.07) is 6.67. The van der Waals surface area contributed by atoms with Crippen LogP contribution < -0.4 is 5.32 Å². The molecule has 0 atom stereocenters. The third-order valence-corrected chi connectivity index (χ3v) is 4.27. The van der Waals surface area contributed by atoms with Crippen LogP contribution in [0.15, 0.2) is 24.3 Å². The Hall–Kier alpha value is -1.53. The predicted molar refractivity (Wildman–Crippen MR) is 90.1 cm³/mol. The Morgan fingerprint density at radius 1 is 1.23 bits per heavy atom. The largest absolute Gasteiger partial charge is 0.359 e. The quantitative estimate of drug-likeness (QED) is 0.850. The lowest BCUT2D eigenvalue weighted by Crippen LogP contribution is -2.27. The third kappa shape index (κ3) is 4.74. The smallest absolute Gasteiger partial charge is 0.202 e. The summed E-state index contributed by atoms with van der Waals surface area (Å²) in [5.74, 6) is 0.669. The molecule has 0 aliphatic rings. The van der Waals surface area contributed by atoms with Gasteiger partial charge in [-0.1, -0.05) is 26.0 Å². The molecule has 0 fully saturated rings. The molecule has 0 bridgehead atoms. The van der Waals surface area contributed by atoms with Gasteiger partial charge < -0.3 is 10.2 Å². The average Bonchev–Trinajstić information content (AvgIpc) is 2.92. The fourth-order valence-corrected chi connectivity index (χ4v) is 2.66. The Balaban J connectivity index is 1.92. The fourth-order valence-electron chi connectivity index (χ4n) is 2.05. The van der Waals surface area contributed by atoms with E-state index in [0.717, 1.165) is 36.0 Å². The molecule has 1 aromatic carbocycles. The van der Waals surface area contributed by atoms with Crippen LogP contribution in [0.1, 0.15) is 25.2 Å². The maximum atomic E-state index is 13.0. The molecule has 4 nitrogen and oxygen atoms in total. The number of benzene rings is 1. The normalized spacial score (nSPS) is 11.9. The van der Waals surface area contributed by atoms with Gasteiger partial charge in [-0.15, -0.1) is 0 Å². The van der Waals surface area contributed by atoms with E-state index in [1.807, 2.05) is 26.2 Å². The molecule has 0 amide bonds. The highest BCUT2D eigenvalue weighted by Gasteiger charge is 2.21. The summed E-state index contributed by atoms with van der Waals surface area (Å²) in [7, 11) is 4.08. The zero-order valence-electron chi connectivity index (χ0n) is 13.6. The van der Waals surface area contributed by atoms with Crippen molar-refractivity contribution < 1.29 is 4.39 Å². The van der Waals surface area contributed by atoms with Gasteiger partial charge in [-0.25, -0.2) is 9.37 Å². The zero-order valence-corrected chi connectivity index (χ0v) is 14.4. The van der Waals surface area contributed by atoms with Gasteiger partial charge >= 0.3 is 0 Å². The SMILES string of the molecule is CN(C)CCc1nsc(NCC(C)(C)c2ccc(F)cc2)n1. The second-order valence-corrected chi connectivity index (χ2v) is 7.07. The molecule has 0 aliphatic heterocycles. The van der Waals surface area contributed by atoms with Crippen LogP contribution in [0.25, 0.3) is 0 Å². The third-order valence-electron chi connectivity index (χ3n) is 3.56. The van der Waals surface area contributed by atoms with E-state index < -0.39 is 0 Å². The van der Waals surface area contributed by atoms with Gasteiger partial charge in [0, 0.05) is 36.5 Å². The van der Waals surface area contributed by atoms with Crippen LogP contribution in [0, 0.1) is 5.82 Å². The van der Waals surface area contributed by atoms with Gasteiger partial charge in [0.1, 0.15) is 11.6 Å². The number of aromatic nitrogens is 2. The minimum absolute atomic E-state index is 0.108. The molecule has 1 heterocycles. The molecule has 2 aromatic rings. The summed E-state index contributed by atoms with van der Waals surface area (Å²) < 4.78 is 17.4. The molecule has 1 aromatic heterocycles. The van der Waals surface area contributed by atoms with Gasteiger partial charge in [-0.05, 0) is 31.8 Å². The number of rotatable bonds is 7. The highest BCUT2D eigenvalue weighted by molar-refractivity contribution is 7.09. The summed E-state index contributed by atoms with van der Waals surface area (Å²) in [6.45, 7) is 5.92. The molecule has 120 valence electrons. The van der Waals surface area contributed by atoms with E-state index in [0.29, 0.717) is 0 Å². The van der Waals surface area contributed by atoms with Gasteiger partial charge in [-0.3, -0.25) is 0 Å². The molecule has 0 saturated heterocycles. The van der Waals surface area contributed by atoms with E-state index in [1.165, 1.54) is 23.7 Å². The van der Waals surface area contributed by atoms with E-state index in [4.69, 9.17) is 0 Å². The van der Waals surface area contributed by atoms with Gasteiger partial charge in [0.05, 0.1) is 0 Å². The maximum Gasteiger partial charge on any atom is 0.202 e. The lowest BCUT2D eigenvalue weighted by Gasteiger charge is -2.25. The van der Waals surface area contributed by atoms with Crippen LogP contribution in [0.2, 0.25) is 0 Å². The number of hydrogen-bond acceptors (Lipinski definition) is 5. The van der Waals surface area contributed by atoms with Crippen molar-refractivity contribution in [1.29, 1.82) is 0 Å². The Morgan fingerprint density at radius 2 is 1.91 bits per heavy atom. The molecule has 0 saturated carbocycles. The van der Waals surface area contributed by atoms with Crippen molar-refractivity contribution in [3.63, 3.8) is 0 Å². The summed E-state index contributed by atoms with van der Waals surface area (Å²) in [6.07, 6.45) is 0.854. The van der Waals surface area contributed by atoms with Crippen molar-refractivity contribution in [2.24, 2.45) is 0 Å². The lowest BCUT2D eigenvalue weighted by molar-refractivity contribution is 0.410. The molecule has 2 rings (SSSR count). The Morgan fingerprint density at radius 3 is 2.55 bits per heavy atom. The number of nitrogens with zero attached hydrogens (tertiary/aromatic N) is 3. The Kier molecular flexibility index (Phi) is 5.47. The summed E-state index contributed by atoms with van der Waals surface area (Å²) in [5, 5.41) is 4.18. The summed E-state index contributed by atoms with van der Waals surface area (Å²) >= 11 is 1.39. The molecule has 6 heteroatoms. The van der Waals surface area contributed by atoms with Crippen molar-refractivity contribution in [2.75, 3.05) is 32.5 Å². The molecule has 0 aliphatic carbocycles. The molecule has 0 unspecified atom stereocenters. The highest BCUT2D eigenvalue weighted by Crippen LogP contribution is 2.24. The minimum atomic E-state index is -0.206. The number of hydrogen-bond donors (Lipinski definition) is 1. The maximum absolute atomic E-state index is 13.0. The number of likely N-dealkylation sites (N-methyl/N-ethyl adjacent to an activating group) is 1. The van der Waals surface area contributed by atoms with E-state index in [2.05, 4.69) is 33.4 Å². The van der Waals surface area contributed by atoms with Crippen molar-refractivity contribution >= 4 is 16.7 Å². The highest BCUT2D eigenvalue weighted by atomic mass is 32.1. The van der Waals surface area contributed by atoms with Gasteiger partial charge in [0.2, 0.25) is 5.13 Å². The van der Waals surface area contributed by atoms with Crippen molar-refractivity contribution in [1.82, 2.24) is 14.3 Å². The molecule has 0 spiro atoms. The molecular formula is C16H23FN4S. The van der Waals surface area contributed by atoms with Crippen LogP contribution in [0.5, 0.6) is 0 Å². The van der Waals surface area contributed by atoms with E-state index in [9.17, 15) is 4.39 Å². The van der Waals surface area contributed by atoms with Crippen molar-refractivity contribution in [2.45, 2.75) is 25.7 Å². The van der Waals surface area contributed by atoms with Gasteiger partial charge in [0.25, 0.3) is 0 Å². The van der Waals surface area contributed by atoms with Crippen LogP contribution in [0.4, 0.5) is 9.52 Å². The van der Waals surface area contributed by atoms with Gasteiger partial charge in [0.15, 0.2) is 0 Å². The number of anilines is 1. The Labute approximate surface area is 135 Å². The Bertz CT molecular complexity index is 592. The number of nitrogens with one attached hydrogen (secondary N) is 1. The monoisotopic (exact) mass is 322 g/mol. The summed E-state index contributed by atoms with van der Waals surface area (Å²) in [5.41, 5.74) is 0.988. The predicted octanol–water partition coefficient (Wildman–Crippen LogP) is 3.17. The molecule has 0 radical (unpaired) electrons. The van der Waals surface area contributed by atoms with Gasteiger partial charge in [-0.2, -0.15) is 4.37 Å². The first-order valence-electron chi connectivity index (χ1n) is 7.34. The molecule has 1 N–H and O–H groups in total. The van der Waals surface area contributed by atoms with Crippen LogP contribution in [-0.2, 0) is 11.8 Å². The minimum Gasteiger partial charge on any atom is -0.359 e. The first-order chi connectivity index (χ1) is 10.4. The zero-order chi connectivity index (χ0) is 16.2. The standard InChI is InChI=1S/C16H23FN4S/c1-16(2,12-5-7-13(17)8-6-12)11-18-15-19-14(20-22-15)9-10-21(3)4/h5-8H,9-11H2,1-4H3,(H,18,19,20). The van der Waals surface area contributed by atoms with Crippen LogP contribution in [0.3, 0.4) is 0 Å². The van der Waals surface area contributed by atoms with E-state index in [1.54, 1.807) is 0 Å². The topological polar surface area (TPSA) is 41.1 Å². The van der Waals surface area contributed by atoms with E-state index in [-0.39, 0.29) is 11.2 Å². The van der Waals surface area contributed by atoms with Crippen LogP contribution in [-0.4, -0.2) is 41.4 Å². The fraction of sp³-hybridized carbons (Fsp3) is 0.500.